The summed E-state index contributed by atoms with van der Waals surface area (Å²) in [5, 5.41) is 5.67. The fourth-order valence-corrected chi connectivity index (χ4v) is 2.99. The lowest BCUT2D eigenvalue weighted by molar-refractivity contribution is 0.262. The molecule has 3 rings (SSSR count). The van der Waals surface area contributed by atoms with Crippen molar-refractivity contribution in [1.82, 2.24) is 0 Å². The molecule has 0 aliphatic carbocycles. The van der Waals surface area contributed by atoms with Gasteiger partial charge in [-0.25, -0.2) is 4.79 Å². The Labute approximate surface area is 137 Å². The number of nitrogens with zero attached hydrogens (tertiary/aromatic N) is 1. The van der Waals surface area contributed by atoms with Crippen LogP contribution in [-0.4, -0.2) is 19.1 Å². The van der Waals surface area contributed by atoms with Crippen LogP contribution in [0.15, 0.2) is 54.6 Å². The van der Waals surface area contributed by atoms with Gasteiger partial charge in [-0.3, -0.25) is 0 Å². The van der Waals surface area contributed by atoms with Crippen molar-refractivity contribution in [3.8, 4) is 0 Å². The van der Waals surface area contributed by atoms with E-state index in [-0.39, 0.29) is 6.03 Å². The van der Waals surface area contributed by atoms with Gasteiger partial charge in [0.1, 0.15) is 0 Å². The first-order valence-electron chi connectivity index (χ1n) is 8.19. The molecule has 1 heterocycles. The second-order valence-corrected chi connectivity index (χ2v) is 6.19. The van der Waals surface area contributed by atoms with Gasteiger partial charge in [0, 0.05) is 30.2 Å². The summed E-state index contributed by atoms with van der Waals surface area (Å²) >= 11 is 0. The summed E-state index contributed by atoms with van der Waals surface area (Å²) < 4.78 is 0. The van der Waals surface area contributed by atoms with Crippen molar-refractivity contribution in [3.05, 3.63) is 54.6 Å². The standard InChI is InChI=1S/C19H23N3O/c1-15-6-5-13-22(14-15)18-11-9-17(10-12-18)21-19(23)20-16-7-3-2-4-8-16/h2-4,7-12,15H,5-6,13-14H2,1H3,(H2,20,21,23). The van der Waals surface area contributed by atoms with E-state index in [0.29, 0.717) is 0 Å². The van der Waals surface area contributed by atoms with Gasteiger partial charge in [0.05, 0.1) is 0 Å². The Morgan fingerprint density at radius 1 is 1.00 bits per heavy atom. The van der Waals surface area contributed by atoms with Crippen LogP contribution in [-0.2, 0) is 0 Å². The third-order valence-corrected chi connectivity index (χ3v) is 4.18. The van der Waals surface area contributed by atoms with Crippen LogP contribution in [0.25, 0.3) is 0 Å². The van der Waals surface area contributed by atoms with Crippen molar-refractivity contribution in [3.63, 3.8) is 0 Å². The molecular weight excluding hydrogens is 286 g/mol. The molecule has 1 aliphatic rings. The maximum absolute atomic E-state index is 12.0. The highest BCUT2D eigenvalue weighted by atomic mass is 16.2. The summed E-state index contributed by atoms with van der Waals surface area (Å²) in [7, 11) is 0. The zero-order valence-corrected chi connectivity index (χ0v) is 13.5. The molecule has 2 N–H and O–H groups in total. The lowest BCUT2D eigenvalue weighted by Crippen LogP contribution is -2.34. The van der Waals surface area contributed by atoms with Crippen LogP contribution in [0.4, 0.5) is 21.9 Å². The number of nitrogens with one attached hydrogen (secondary N) is 2. The highest BCUT2D eigenvalue weighted by molar-refractivity contribution is 5.99. The average molecular weight is 309 g/mol. The predicted octanol–water partition coefficient (Wildman–Crippen LogP) is 4.57. The van der Waals surface area contributed by atoms with E-state index < -0.39 is 0 Å². The molecule has 2 aromatic rings. The summed E-state index contributed by atoms with van der Waals surface area (Å²) in [6.45, 7) is 4.53. The lowest BCUT2D eigenvalue weighted by atomic mass is 10.00. The van der Waals surface area contributed by atoms with Crippen LogP contribution in [0.1, 0.15) is 19.8 Å². The summed E-state index contributed by atoms with van der Waals surface area (Å²) in [6, 6.07) is 17.3. The Bertz CT molecular complexity index is 639. The smallest absolute Gasteiger partial charge is 0.323 e. The number of carbonyl (C=O) groups excluding carboxylic acids is 1. The number of piperidine rings is 1. The van der Waals surface area contributed by atoms with Crippen molar-refractivity contribution in [2.24, 2.45) is 5.92 Å². The molecule has 120 valence electrons. The summed E-state index contributed by atoms with van der Waals surface area (Å²) in [6.07, 6.45) is 2.57. The van der Waals surface area contributed by atoms with E-state index in [0.717, 1.165) is 30.4 Å². The van der Waals surface area contributed by atoms with E-state index in [9.17, 15) is 4.79 Å². The maximum Gasteiger partial charge on any atom is 0.323 e. The average Bonchev–Trinajstić information content (AvgIpc) is 2.56. The van der Waals surface area contributed by atoms with Crippen molar-refractivity contribution in [2.75, 3.05) is 28.6 Å². The fourth-order valence-electron chi connectivity index (χ4n) is 2.99. The zero-order valence-electron chi connectivity index (χ0n) is 13.5. The molecule has 2 amide bonds. The first-order valence-corrected chi connectivity index (χ1v) is 8.19. The van der Waals surface area contributed by atoms with Gasteiger partial charge >= 0.3 is 6.03 Å². The van der Waals surface area contributed by atoms with Crippen LogP contribution >= 0.6 is 0 Å². The molecule has 1 saturated heterocycles. The normalized spacial score (nSPS) is 17.6. The van der Waals surface area contributed by atoms with Crippen LogP contribution < -0.4 is 15.5 Å². The molecule has 1 unspecified atom stereocenters. The maximum atomic E-state index is 12.0. The first kappa shape index (κ1) is 15.4. The molecule has 0 spiro atoms. The van der Waals surface area contributed by atoms with E-state index in [1.165, 1.54) is 18.5 Å². The number of benzene rings is 2. The number of hydrogen-bond acceptors (Lipinski definition) is 2. The van der Waals surface area contributed by atoms with E-state index >= 15 is 0 Å². The quantitative estimate of drug-likeness (QED) is 0.872. The molecule has 23 heavy (non-hydrogen) atoms. The Balaban J connectivity index is 1.58. The minimum atomic E-state index is -0.226. The van der Waals surface area contributed by atoms with Crippen molar-refractivity contribution < 1.29 is 4.79 Å². The van der Waals surface area contributed by atoms with Gasteiger partial charge in [-0.2, -0.15) is 0 Å². The van der Waals surface area contributed by atoms with Gasteiger partial charge in [-0.1, -0.05) is 25.1 Å². The molecule has 0 bridgehead atoms. The Kier molecular flexibility index (Phi) is 4.81. The minimum Gasteiger partial charge on any atom is -0.371 e. The van der Waals surface area contributed by atoms with E-state index in [2.05, 4.69) is 34.6 Å². The SMILES string of the molecule is CC1CCCN(c2ccc(NC(=O)Nc3ccccc3)cc2)C1. The zero-order chi connectivity index (χ0) is 16.1. The molecule has 0 aromatic heterocycles. The number of anilines is 3. The van der Waals surface area contributed by atoms with Gasteiger partial charge in [0.2, 0.25) is 0 Å². The Morgan fingerprint density at radius 3 is 2.30 bits per heavy atom. The molecule has 1 fully saturated rings. The molecular formula is C19H23N3O. The Hall–Kier alpha value is -2.49. The summed E-state index contributed by atoms with van der Waals surface area (Å²) in [5.41, 5.74) is 2.81. The lowest BCUT2D eigenvalue weighted by Gasteiger charge is -2.32. The van der Waals surface area contributed by atoms with E-state index in [1.807, 2.05) is 42.5 Å². The highest BCUT2D eigenvalue weighted by Gasteiger charge is 2.16. The largest absolute Gasteiger partial charge is 0.371 e. The molecule has 4 nitrogen and oxygen atoms in total. The second-order valence-electron chi connectivity index (χ2n) is 6.19. The van der Waals surface area contributed by atoms with Crippen LogP contribution in [0.2, 0.25) is 0 Å². The summed E-state index contributed by atoms with van der Waals surface area (Å²) in [5.74, 6) is 0.748. The van der Waals surface area contributed by atoms with Crippen molar-refractivity contribution in [1.29, 1.82) is 0 Å². The van der Waals surface area contributed by atoms with E-state index in [4.69, 9.17) is 0 Å². The second kappa shape index (κ2) is 7.18. The number of amides is 2. The van der Waals surface area contributed by atoms with E-state index in [1.54, 1.807) is 0 Å². The highest BCUT2D eigenvalue weighted by Crippen LogP contribution is 2.24. The number of para-hydroxylation sites is 1. The molecule has 0 radical (unpaired) electrons. The van der Waals surface area contributed by atoms with Crippen LogP contribution in [0.5, 0.6) is 0 Å². The number of carbonyl (C=O) groups is 1. The van der Waals surface area contributed by atoms with Crippen LogP contribution in [0.3, 0.4) is 0 Å². The molecule has 1 aliphatic heterocycles. The molecule has 2 aromatic carbocycles. The predicted molar refractivity (Wildman–Crippen MR) is 96.1 cm³/mol. The number of rotatable bonds is 3. The first-order chi connectivity index (χ1) is 11.2. The number of urea groups is 1. The number of hydrogen-bond donors (Lipinski definition) is 2. The topological polar surface area (TPSA) is 44.4 Å². The monoisotopic (exact) mass is 309 g/mol. The molecule has 0 saturated carbocycles. The van der Waals surface area contributed by atoms with Crippen molar-refractivity contribution >= 4 is 23.1 Å². The third kappa shape index (κ3) is 4.25. The van der Waals surface area contributed by atoms with Gasteiger partial charge in [0.25, 0.3) is 0 Å². The molecule has 1 atom stereocenters. The van der Waals surface area contributed by atoms with Gasteiger partial charge < -0.3 is 15.5 Å². The van der Waals surface area contributed by atoms with Crippen molar-refractivity contribution in [2.45, 2.75) is 19.8 Å². The fraction of sp³-hybridized carbons (Fsp3) is 0.316. The minimum absolute atomic E-state index is 0.226. The Morgan fingerprint density at radius 2 is 1.65 bits per heavy atom. The molecule has 4 heteroatoms. The van der Waals surface area contributed by atoms with Gasteiger partial charge in [0.15, 0.2) is 0 Å². The van der Waals surface area contributed by atoms with Gasteiger partial charge in [-0.15, -0.1) is 0 Å². The summed E-state index contributed by atoms with van der Waals surface area (Å²) in [4.78, 5) is 14.4. The van der Waals surface area contributed by atoms with Crippen LogP contribution in [0, 0.1) is 5.92 Å². The third-order valence-electron chi connectivity index (χ3n) is 4.18. The van der Waals surface area contributed by atoms with Gasteiger partial charge in [-0.05, 0) is 55.2 Å².